The number of para-hydroxylation sites is 2. The molecule has 2 atom stereocenters. The van der Waals surface area contributed by atoms with E-state index in [0.29, 0.717) is 18.7 Å². The number of aliphatic hydroxyl groups is 1. The lowest BCUT2D eigenvalue weighted by atomic mass is 10.1. The average Bonchev–Trinajstić information content (AvgIpc) is 2.93. The fourth-order valence-corrected chi connectivity index (χ4v) is 2.92. The molecule has 120 valence electrons. The summed E-state index contributed by atoms with van der Waals surface area (Å²) in [6, 6.07) is 16.7. The predicted molar refractivity (Wildman–Crippen MR) is 88.4 cm³/mol. The number of hydrogen-bond donors (Lipinski definition) is 2. The van der Waals surface area contributed by atoms with Gasteiger partial charge in [0.15, 0.2) is 0 Å². The van der Waals surface area contributed by atoms with Crippen molar-refractivity contribution in [1.29, 1.82) is 0 Å². The maximum absolute atomic E-state index is 11.7. The molecule has 1 aliphatic rings. The zero-order valence-corrected chi connectivity index (χ0v) is 12.8. The number of rotatable bonds is 6. The van der Waals surface area contributed by atoms with Crippen LogP contribution in [0.1, 0.15) is 5.56 Å². The molecule has 0 saturated heterocycles. The van der Waals surface area contributed by atoms with Crippen molar-refractivity contribution >= 4 is 11.6 Å². The van der Waals surface area contributed by atoms with Crippen molar-refractivity contribution in [3.8, 4) is 5.75 Å². The van der Waals surface area contributed by atoms with Crippen molar-refractivity contribution in [2.75, 3.05) is 18.1 Å². The average molecular weight is 312 g/mol. The van der Waals surface area contributed by atoms with E-state index in [1.807, 2.05) is 59.5 Å². The lowest BCUT2D eigenvalue weighted by molar-refractivity contribution is -0.119. The van der Waals surface area contributed by atoms with Gasteiger partial charge in [-0.25, -0.2) is 0 Å². The molecule has 0 spiro atoms. The molecule has 0 fully saturated rings. The van der Waals surface area contributed by atoms with Crippen molar-refractivity contribution in [1.82, 2.24) is 0 Å². The minimum Gasteiger partial charge on any atom is -0.491 e. The van der Waals surface area contributed by atoms with Gasteiger partial charge in [0.25, 0.3) is 0 Å². The Morgan fingerprint density at radius 3 is 2.65 bits per heavy atom. The van der Waals surface area contributed by atoms with Gasteiger partial charge in [0.1, 0.15) is 24.5 Å². The summed E-state index contributed by atoms with van der Waals surface area (Å²) < 4.78 is 5.57. The molecule has 3 N–H and O–H groups in total. The molecule has 2 aromatic carbocycles. The fourth-order valence-electron chi connectivity index (χ4n) is 2.92. The van der Waals surface area contributed by atoms with Crippen LogP contribution in [0.25, 0.3) is 0 Å². The van der Waals surface area contributed by atoms with Crippen LogP contribution >= 0.6 is 0 Å². The van der Waals surface area contributed by atoms with Crippen LogP contribution in [0.15, 0.2) is 54.6 Å². The number of ether oxygens (including phenoxy) is 1. The molecule has 1 unspecified atom stereocenters. The van der Waals surface area contributed by atoms with Gasteiger partial charge in [-0.1, -0.05) is 36.4 Å². The molecule has 1 heterocycles. The number of β-amino-alcohol motifs (C(OH)–C–C–N with tert-alkyl or cyclic N) is 1. The number of fused-ring (bicyclic) bond motifs is 1. The summed E-state index contributed by atoms with van der Waals surface area (Å²) >= 11 is 0. The third-order valence-corrected chi connectivity index (χ3v) is 4.01. The molecule has 1 aliphatic heterocycles. The summed E-state index contributed by atoms with van der Waals surface area (Å²) in [5.41, 5.74) is 7.54. The number of primary amides is 1. The first-order chi connectivity index (χ1) is 11.1. The zero-order valence-electron chi connectivity index (χ0n) is 12.8. The Bertz CT molecular complexity index is 675. The van der Waals surface area contributed by atoms with E-state index in [9.17, 15) is 9.90 Å². The van der Waals surface area contributed by atoms with E-state index in [1.165, 1.54) is 0 Å². The smallest absolute Gasteiger partial charge is 0.240 e. The standard InChI is InChI=1S/C18H20N2O3/c19-18(22)17-10-13-6-4-5-9-16(13)20(17)11-14(21)12-23-15-7-2-1-3-8-15/h1-9,14,17,21H,10-12H2,(H2,19,22)/t14?,17-/m0/s1. The molecule has 0 radical (unpaired) electrons. The monoisotopic (exact) mass is 312 g/mol. The molecule has 5 nitrogen and oxygen atoms in total. The summed E-state index contributed by atoms with van der Waals surface area (Å²) in [5.74, 6) is 0.331. The molecule has 0 aromatic heterocycles. The molecule has 5 heteroatoms. The Hall–Kier alpha value is -2.53. The van der Waals surface area contributed by atoms with Crippen LogP contribution in [0.4, 0.5) is 5.69 Å². The first-order valence-corrected chi connectivity index (χ1v) is 7.65. The van der Waals surface area contributed by atoms with E-state index in [1.54, 1.807) is 0 Å². The number of amides is 1. The highest BCUT2D eigenvalue weighted by molar-refractivity contribution is 5.86. The third-order valence-electron chi connectivity index (χ3n) is 4.01. The van der Waals surface area contributed by atoms with Crippen LogP contribution in [0.2, 0.25) is 0 Å². The van der Waals surface area contributed by atoms with Crippen LogP contribution in [-0.2, 0) is 11.2 Å². The maximum Gasteiger partial charge on any atom is 0.240 e. The predicted octanol–water partition coefficient (Wildman–Crippen LogP) is 1.34. The third kappa shape index (κ3) is 3.46. The van der Waals surface area contributed by atoms with E-state index in [2.05, 4.69) is 0 Å². The van der Waals surface area contributed by atoms with E-state index >= 15 is 0 Å². The van der Waals surface area contributed by atoms with Gasteiger partial charge in [-0.2, -0.15) is 0 Å². The highest BCUT2D eigenvalue weighted by atomic mass is 16.5. The number of hydrogen-bond acceptors (Lipinski definition) is 4. The highest BCUT2D eigenvalue weighted by Gasteiger charge is 2.33. The molecule has 0 bridgehead atoms. The van der Waals surface area contributed by atoms with E-state index < -0.39 is 12.1 Å². The number of nitrogens with two attached hydrogens (primary N) is 1. The molecule has 1 amide bonds. The second-order valence-electron chi connectivity index (χ2n) is 5.68. The summed E-state index contributed by atoms with van der Waals surface area (Å²) in [7, 11) is 0. The Morgan fingerprint density at radius 2 is 1.91 bits per heavy atom. The van der Waals surface area contributed by atoms with Crippen LogP contribution in [0.3, 0.4) is 0 Å². The molecule has 3 rings (SSSR count). The highest BCUT2D eigenvalue weighted by Crippen LogP contribution is 2.31. The van der Waals surface area contributed by atoms with Crippen molar-refractivity contribution in [3.05, 3.63) is 60.2 Å². The van der Waals surface area contributed by atoms with Gasteiger partial charge in [-0.05, 0) is 23.8 Å². The zero-order chi connectivity index (χ0) is 16.2. The van der Waals surface area contributed by atoms with E-state index in [4.69, 9.17) is 10.5 Å². The molecular formula is C18H20N2O3. The van der Waals surface area contributed by atoms with Gasteiger partial charge >= 0.3 is 0 Å². The first-order valence-electron chi connectivity index (χ1n) is 7.65. The summed E-state index contributed by atoms with van der Waals surface area (Å²) in [5, 5.41) is 10.3. The van der Waals surface area contributed by atoms with Crippen molar-refractivity contribution in [2.45, 2.75) is 18.6 Å². The largest absolute Gasteiger partial charge is 0.491 e. The molecule has 0 saturated carbocycles. The van der Waals surface area contributed by atoms with Crippen LogP contribution in [0.5, 0.6) is 5.75 Å². The molecule has 0 aliphatic carbocycles. The summed E-state index contributed by atoms with van der Waals surface area (Å²) in [6.07, 6.45) is -0.138. The summed E-state index contributed by atoms with van der Waals surface area (Å²) in [4.78, 5) is 13.6. The molecular weight excluding hydrogens is 292 g/mol. The van der Waals surface area contributed by atoms with Gasteiger partial charge < -0.3 is 20.5 Å². The number of carbonyl (C=O) groups excluding carboxylic acids is 1. The van der Waals surface area contributed by atoms with Gasteiger partial charge in [0, 0.05) is 18.7 Å². The SMILES string of the molecule is NC(=O)[C@@H]1Cc2ccccc2N1CC(O)COc1ccccc1. The van der Waals surface area contributed by atoms with Crippen LogP contribution < -0.4 is 15.4 Å². The van der Waals surface area contributed by atoms with Crippen molar-refractivity contribution < 1.29 is 14.6 Å². The Morgan fingerprint density at radius 1 is 1.22 bits per heavy atom. The number of anilines is 1. The number of aliphatic hydroxyl groups excluding tert-OH is 1. The topological polar surface area (TPSA) is 75.8 Å². The fraction of sp³-hybridized carbons (Fsp3) is 0.278. The lowest BCUT2D eigenvalue weighted by Gasteiger charge is -2.27. The minimum absolute atomic E-state index is 0.161. The second-order valence-corrected chi connectivity index (χ2v) is 5.68. The van der Waals surface area contributed by atoms with Gasteiger partial charge in [0.05, 0.1) is 0 Å². The van der Waals surface area contributed by atoms with Crippen molar-refractivity contribution in [3.63, 3.8) is 0 Å². The van der Waals surface area contributed by atoms with Gasteiger partial charge in [-0.15, -0.1) is 0 Å². The van der Waals surface area contributed by atoms with Crippen LogP contribution in [0, 0.1) is 0 Å². The molecule has 2 aromatic rings. The molecule has 23 heavy (non-hydrogen) atoms. The Labute approximate surface area is 135 Å². The number of benzene rings is 2. The van der Waals surface area contributed by atoms with Crippen LogP contribution in [-0.4, -0.2) is 36.3 Å². The maximum atomic E-state index is 11.7. The quantitative estimate of drug-likeness (QED) is 0.844. The number of nitrogens with zero attached hydrogens (tertiary/aromatic N) is 1. The minimum atomic E-state index is -0.719. The lowest BCUT2D eigenvalue weighted by Crippen LogP contribution is -2.47. The number of carbonyl (C=O) groups is 1. The summed E-state index contributed by atoms with van der Waals surface area (Å²) in [6.45, 7) is 0.464. The Kier molecular flexibility index (Phi) is 4.48. The van der Waals surface area contributed by atoms with Crippen molar-refractivity contribution in [2.24, 2.45) is 5.73 Å². The van der Waals surface area contributed by atoms with E-state index in [0.717, 1.165) is 11.3 Å². The van der Waals surface area contributed by atoms with Gasteiger partial charge in [0.2, 0.25) is 5.91 Å². The second kappa shape index (κ2) is 6.71. The Balaban J connectivity index is 1.66. The normalized spacial score (nSPS) is 17.6. The first kappa shape index (κ1) is 15.4. The van der Waals surface area contributed by atoms with Gasteiger partial charge in [-0.3, -0.25) is 4.79 Å². The van der Waals surface area contributed by atoms with E-state index in [-0.39, 0.29) is 12.5 Å².